The van der Waals surface area contributed by atoms with Gasteiger partial charge in [0.05, 0.1) is 11.5 Å². The van der Waals surface area contributed by atoms with Crippen LogP contribution in [-0.2, 0) is 9.84 Å². The van der Waals surface area contributed by atoms with Crippen LogP contribution < -0.4 is 0 Å². The van der Waals surface area contributed by atoms with Crippen LogP contribution in [0.5, 0.6) is 0 Å². The molecule has 0 aliphatic carbocycles. The summed E-state index contributed by atoms with van der Waals surface area (Å²) in [4.78, 5) is 1.95. The second-order valence-corrected chi connectivity index (χ2v) is 7.23. The molecule has 0 amide bonds. The minimum Gasteiger partial charge on any atom is -0.354 e. The van der Waals surface area contributed by atoms with Crippen molar-refractivity contribution in [2.75, 3.05) is 18.1 Å². The van der Waals surface area contributed by atoms with Gasteiger partial charge in [-0.15, -0.1) is 12.6 Å². The van der Waals surface area contributed by atoms with Gasteiger partial charge in [-0.3, -0.25) is 0 Å². The van der Waals surface area contributed by atoms with Crippen molar-refractivity contribution < 1.29 is 8.42 Å². The first kappa shape index (κ1) is 13.3. The van der Waals surface area contributed by atoms with Crippen LogP contribution in [0, 0.1) is 0 Å². The highest BCUT2D eigenvalue weighted by molar-refractivity contribution is 8.10. The Bertz CT molecular complexity index is 326. The van der Waals surface area contributed by atoms with Gasteiger partial charge in [0.2, 0.25) is 0 Å². The lowest BCUT2D eigenvalue weighted by Crippen LogP contribution is -2.38. The van der Waals surface area contributed by atoms with Crippen molar-refractivity contribution in [3.63, 3.8) is 0 Å². The summed E-state index contributed by atoms with van der Waals surface area (Å²) >= 11 is 9.20. The minimum atomic E-state index is -2.83. The summed E-state index contributed by atoms with van der Waals surface area (Å²) in [5.41, 5.74) is 0. The van der Waals surface area contributed by atoms with Crippen molar-refractivity contribution in [3.8, 4) is 0 Å². The number of thiol groups is 1. The quantitative estimate of drug-likeness (QED) is 0.618. The van der Waals surface area contributed by atoms with Gasteiger partial charge in [0.15, 0.2) is 9.84 Å². The average Bonchev–Trinajstić information content (AvgIpc) is 2.46. The molecule has 1 aliphatic heterocycles. The van der Waals surface area contributed by atoms with Crippen LogP contribution in [-0.4, -0.2) is 41.7 Å². The zero-order valence-corrected chi connectivity index (χ0v) is 11.4. The molecule has 0 bridgehead atoms. The first-order valence-electron chi connectivity index (χ1n) is 5.16. The third kappa shape index (κ3) is 3.92. The number of thiocarbonyl (C=S) groups is 1. The third-order valence-electron chi connectivity index (χ3n) is 2.65. The Morgan fingerprint density at radius 1 is 1.60 bits per heavy atom. The summed E-state index contributed by atoms with van der Waals surface area (Å²) in [5, 5.41) is 0. The SMILES string of the molecule is CCCCN(C(=S)S)[C@@H]1CCS(=O)(=O)C1. The summed E-state index contributed by atoms with van der Waals surface area (Å²) < 4.78 is 23.2. The summed E-state index contributed by atoms with van der Waals surface area (Å²) in [7, 11) is -2.83. The molecule has 1 fully saturated rings. The number of nitrogens with zero attached hydrogens (tertiary/aromatic N) is 1. The summed E-state index contributed by atoms with van der Waals surface area (Å²) in [5.74, 6) is 0.522. The fourth-order valence-electron chi connectivity index (χ4n) is 1.78. The van der Waals surface area contributed by atoms with E-state index in [0.29, 0.717) is 10.7 Å². The predicted molar refractivity (Wildman–Crippen MR) is 70.3 cm³/mol. The fraction of sp³-hybridized carbons (Fsp3) is 0.889. The lowest BCUT2D eigenvalue weighted by atomic mass is 10.2. The monoisotopic (exact) mass is 267 g/mol. The van der Waals surface area contributed by atoms with Gasteiger partial charge in [-0.25, -0.2) is 8.42 Å². The van der Waals surface area contributed by atoms with Crippen LogP contribution in [0.2, 0.25) is 0 Å². The van der Waals surface area contributed by atoms with E-state index >= 15 is 0 Å². The minimum absolute atomic E-state index is 0.0477. The molecule has 6 heteroatoms. The first-order valence-corrected chi connectivity index (χ1v) is 7.84. The second-order valence-electron chi connectivity index (χ2n) is 3.89. The zero-order valence-electron chi connectivity index (χ0n) is 8.85. The van der Waals surface area contributed by atoms with Gasteiger partial charge >= 0.3 is 0 Å². The van der Waals surface area contributed by atoms with E-state index in [1.165, 1.54) is 0 Å². The molecule has 1 atom stereocenters. The Morgan fingerprint density at radius 2 is 2.27 bits per heavy atom. The highest BCUT2D eigenvalue weighted by atomic mass is 32.2. The highest BCUT2D eigenvalue weighted by Crippen LogP contribution is 2.19. The van der Waals surface area contributed by atoms with Crippen LogP contribution in [0.15, 0.2) is 0 Å². The molecule has 88 valence electrons. The van der Waals surface area contributed by atoms with Crippen LogP contribution in [0.1, 0.15) is 26.2 Å². The van der Waals surface area contributed by atoms with Gasteiger partial charge in [-0.1, -0.05) is 25.6 Å². The maximum atomic E-state index is 11.3. The van der Waals surface area contributed by atoms with Crippen LogP contribution in [0.4, 0.5) is 0 Å². The van der Waals surface area contributed by atoms with Crippen molar-refractivity contribution >= 4 is 39.0 Å². The number of sulfone groups is 1. The fourth-order valence-corrected chi connectivity index (χ4v) is 4.02. The number of hydrogen-bond donors (Lipinski definition) is 1. The highest BCUT2D eigenvalue weighted by Gasteiger charge is 2.32. The topological polar surface area (TPSA) is 37.4 Å². The maximum Gasteiger partial charge on any atom is 0.152 e. The predicted octanol–water partition coefficient (Wildman–Crippen LogP) is 1.49. The molecule has 0 unspecified atom stereocenters. The largest absolute Gasteiger partial charge is 0.354 e. The van der Waals surface area contributed by atoms with Crippen molar-refractivity contribution in [2.24, 2.45) is 0 Å². The van der Waals surface area contributed by atoms with E-state index in [1.54, 1.807) is 0 Å². The van der Waals surface area contributed by atoms with Gasteiger partial charge < -0.3 is 4.90 Å². The summed E-state index contributed by atoms with van der Waals surface area (Å²) in [6, 6.07) is 0.0477. The first-order chi connectivity index (χ1) is 6.96. The third-order valence-corrected chi connectivity index (χ3v) is 4.89. The Labute approximate surface area is 103 Å². The van der Waals surface area contributed by atoms with E-state index in [9.17, 15) is 8.42 Å². The molecular weight excluding hydrogens is 250 g/mol. The van der Waals surface area contributed by atoms with E-state index in [0.717, 1.165) is 19.4 Å². The second kappa shape index (κ2) is 5.50. The van der Waals surface area contributed by atoms with Crippen molar-refractivity contribution in [2.45, 2.75) is 32.2 Å². The molecule has 1 rings (SSSR count). The molecule has 0 radical (unpaired) electrons. The number of hydrogen-bond acceptors (Lipinski definition) is 3. The Kier molecular flexibility index (Phi) is 4.86. The van der Waals surface area contributed by atoms with E-state index in [2.05, 4.69) is 19.6 Å². The normalized spacial score (nSPS) is 24.0. The molecule has 1 saturated heterocycles. The number of rotatable bonds is 4. The zero-order chi connectivity index (χ0) is 11.5. The molecule has 0 N–H and O–H groups in total. The molecule has 0 aromatic rings. The van der Waals surface area contributed by atoms with E-state index in [1.807, 2.05) is 4.90 Å². The smallest absolute Gasteiger partial charge is 0.152 e. The molecule has 0 aromatic carbocycles. The molecule has 0 saturated carbocycles. The molecule has 1 heterocycles. The van der Waals surface area contributed by atoms with Gasteiger partial charge in [0, 0.05) is 12.6 Å². The van der Waals surface area contributed by atoms with Crippen molar-refractivity contribution in [3.05, 3.63) is 0 Å². The lowest BCUT2D eigenvalue weighted by molar-refractivity contribution is 0.340. The Balaban J connectivity index is 2.61. The van der Waals surface area contributed by atoms with E-state index in [4.69, 9.17) is 12.2 Å². The molecule has 0 aromatic heterocycles. The molecular formula is C9H17NO2S3. The number of unbranched alkanes of at least 4 members (excludes halogenated alkanes) is 1. The van der Waals surface area contributed by atoms with Crippen LogP contribution >= 0.6 is 24.8 Å². The van der Waals surface area contributed by atoms with Crippen molar-refractivity contribution in [1.29, 1.82) is 0 Å². The molecule has 3 nitrogen and oxygen atoms in total. The van der Waals surface area contributed by atoms with Crippen LogP contribution in [0.3, 0.4) is 0 Å². The maximum absolute atomic E-state index is 11.3. The molecule has 15 heavy (non-hydrogen) atoms. The van der Waals surface area contributed by atoms with Gasteiger partial charge in [0.1, 0.15) is 4.32 Å². The Morgan fingerprint density at radius 3 is 2.67 bits per heavy atom. The van der Waals surface area contributed by atoms with E-state index < -0.39 is 9.84 Å². The summed E-state index contributed by atoms with van der Waals surface area (Å²) in [6.45, 7) is 2.92. The lowest BCUT2D eigenvalue weighted by Gasteiger charge is -2.28. The Hall–Kier alpha value is 0.190. The molecule has 1 aliphatic rings. The molecule has 0 spiro atoms. The van der Waals surface area contributed by atoms with E-state index in [-0.39, 0.29) is 17.5 Å². The average molecular weight is 267 g/mol. The van der Waals surface area contributed by atoms with Gasteiger partial charge in [-0.2, -0.15) is 0 Å². The van der Waals surface area contributed by atoms with Crippen molar-refractivity contribution in [1.82, 2.24) is 4.90 Å². The van der Waals surface area contributed by atoms with Gasteiger partial charge in [-0.05, 0) is 12.8 Å². The standard InChI is InChI=1S/C9H17NO2S3/c1-2-3-5-10(9(13)14)8-4-6-15(11,12)7-8/h8H,2-7H2,1H3,(H,13,14)/t8-/m1/s1. The summed E-state index contributed by atoms with van der Waals surface area (Å²) in [6.07, 6.45) is 2.79. The van der Waals surface area contributed by atoms with Gasteiger partial charge in [0.25, 0.3) is 0 Å². The van der Waals surface area contributed by atoms with Crippen LogP contribution in [0.25, 0.3) is 0 Å².